The van der Waals surface area contributed by atoms with Crippen molar-refractivity contribution in [2.45, 2.75) is 5.16 Å². The van der Waals surface area contributed by atoms with Crippen molar-refractivity contribution in [1.82, 2.24) is 19.9 Å². The maximum atomic E-state index is 11.0. The molecule has 0 saturated carbocycles. The van der Waals surface area contributed by atoms with Gasteiger partial charge in [-0.25, -0.2) is 23.5 Å². The molecule has 0 aliphatic rings. The van der Waals surface area contributed by atoms with Crippen LogP contribution in [0.1, 0.15) is 0 Å². The second-order valence-electron chi connectivity index (χ2n) is 2.52. The second-order valence-corrected chi connectivity index (χ2v) is 4.38. The summed E-state index contributed by atoms with van der Waals surface area (Å²) in [6, 6.07) is 0. The number of nitrogens with one attached hydrogen (secondary N) is 2. The van der Waals surface area contributed by atoms with Crippen LogP contribution in [0.3, 0.4) is 0 Å². The Hall–Kier alpha value is -1.32. The number of H-pyrrole nitrogens is 2. The summed E-state index contributed by atoms with van der Waals surface area (Å²) in [5, 5.41) is 4.49. The zero-order valence-corrected chi connectivity index (χ0v) is 8.32. The van der Waals surface area contributed by atoms with Crippen molar-refractivity contribution in [3.63, 3.8) is 0 Å². The van der Waals surface area contributed by atoms with Crippen LogP contribution in [-0.2, 0) is 10.0 Å². The van der Waals surface area contributed by atoms with Gasteiger partial charge in [-0.05, 0) is 0 Å². The van der Waals surface area contributed by atoms with Crippen LogP contribution in [0.25, 0.3) is 11.2 Å². The molecule has 9 heteroatoms. The Bertz CT molecular complexity index is 639. The number of fused-ring (bicyclic) bond motifs is 1. The molecule has 0 aliphatic heterocycles. The lowest BCUT2D eigenvalue weighted by Gasteiger charge is -1.96. The molecular formula is C5H5N5O2S2. The van der Waals surface area contributed by atoms with E-state index in [1.807, 2.05) is 0 Å². The summed E-state index contributed by atoms with van der Waals surface area (Å²) in [7, 11) is -3.88. The van der Waals surface area contributed by atoms with E-state index in [2.05, 4.69) is 19.9 Å². The number of aromatic nitrogens is 4. The molecule has 0 amide bonds. The summed E-state index contributed by atoms with van der Waals surface area (Å²) >= 11 is 4.84. The van der Waals surface area contributed by atoms with Crippen LogP contribution in [0.4, 0.5) is 0 Å². The summed E-state index contributed by atoms with van der Waals surface area (Å²) in [4.78, 5) is 12.6. The minimum Gasteiger partial charge on any atom is -0.341 e. The van der Waals surface area contributed by atoms with Crippen molar-refractivity contribution >= 4 is 33.4 Å². The van der Waals surface area contributed by atoms with E-state index < -0.39 is 10.0 Å². The molecule has 0 aromatic carbocycles. The van der Waals surface area contributed by atoms with Gasteiger partial charge in [-0.2, -0.15) is 0 Å². The highest BCUT2D eigenvalue weighted by Crippen LogP contribution is 2.08. The van der Waals surface area contributed by atoms with Crippen molar-refractivity contribution in [1.29, 1.82) is 0 Å². The van der Waals surface area contributed by atoms with Crippen LogP contribution < -0.4 is 5.14 Å². The molecule has 4 N–H and O–H groups in total. The summed E-state index contributed by atoms with van der Waals surface area (Å²) in [5.74, 6) is 0. The van der Waals surface area contributed by atoms with E-state index >= 15 is 0 Å². The number of rotatable bonds is 1. The molecule has 0 bridgehead atoms. The van der Waals surface area contributed by atoms with Gasteiger partial charge in [0, 0.05) is 0 Å². The fourth-order valence-corrected chi connectivity index (χ4v) is 1.73. The first-order valence-corrected chi connectivity index (χ1v) is 5.40. The number of imidazole rings is 1. The average Bonchev–Trinajstić information content (AvgIpc) is 2.50. The minimum atomic E-state index is -3.88. The number of nitrogens with zero attached hydrogens (tertiary/aromatic N) is 2. The van der Waals surface area contributed by atoms with Gasteiger partial charge in [0.1, 0.15) is 5.52 Å². The molecule has 74 valence electrons. The fourth-order valence-electron chi connectivity index (χ4n) is 0.964. The van der Waals surface area contributed by atoms with Gasteiger partial charge in [0.25, 0.3) is 10.0 Å². The lowest BCUT2D eigenvalue weighted by atomic mass is 10.6. The number of nitrogens with two attached hydrogens (primary N) is 1. The van der Waals surface area contributed by atoms with E-state index in [0.29, 0.717) is 11.2 Å². The molecule has 2 heterocycles. The number of hydrogen-bond donors (Lipinski definition) is 3. The monoisotopic (exact) mass is 231 g/mol. The second kappa shape index (κ2) is 2.83. The van der Waals surface area contributed by atoms with E-state index in [1.165, 1.54) is 6.33 Å². The largest absolute Gasteiger partial charge is 0.341 e. The Morgan fingerprint density at radius 3 is 2.86 bits per heavy atom. The number of primary sulfonamides is 1. The van der Waals surface area contributed by atoms with Gasteiger partial charge in [0.15, 0.2) is 10.3 Å². The molecule has 2 rings (SSSR count). The van der Waals surface area contributed by atoms with Gasteiger partial charge >= 0.3 is 0 Å². The highest BCUT2D eigenvalue weighted by Gasteiger charge is 2.12. The normalized spacial score (nSPS) is 12.1. The first-order chi connectivity index (χ1) is 6.48. The van der Waals surface area contributed by atoms with Gasteiger partial charge in [-0.1, -0.05) is 12.2 Å². The molecule has 0 atom stereocenters. The molecular weight excluding hydrogens is 226 g/mol. The van der Waals surface area contributed by atoms with Crippen LogP contribution in [-0.4, -0.2) is 28.4 Å². The van der Waals surface area contributed by atoms with E-state index in [4.69, 9.17) is 17.4 Å². The standard InChI is InChI=1S/C5H5N5O2S2/c6-14(11,12)5-9-3-2(4(13)10-5)7-1-8-3/h1H,(H2,6,11,12)(H2,7,8,9,10,13). The van der Waals surface area contributed by atoms with Crippen LogP contribution >= 0.6 is 12.2 Å². The van der Waals surface area contributed by atoms with Crippen molar-refractivity contribution in [3.05, 3.63) is 11.0 Å². The first-order valence-electron chi connectivity index (χ1n) is 3.44. The first kappa shape index (κ1) is 9.24. The zero-order valence-electron chi connectivity index (χ0n) is 6.68. The molecule has 0 radical (unpaired) electrons. The van der Waals surface area contributed by atoms with Crippen LogP contribution in [0.5, 0.6) is 0 Å². The van der Waals surface area contributed by atoms with E-state index in [1.54, 1.807) is 0 Å². The van der Waals surface area contributed by atoms with E-state index in [9.17, 15) is 8.42 Å². The smallest absolute Gasteiger partial charge is 0.271 e. The SMILES string of the molecule is NS(=O)(=O)c1nc(=S)c2[nH]cnc2[nH]1. The molecule has 0 unspecified atom stereocenters. The molecule has 0 spiro atoms. The van der Waals surface area contributed by atoms with Crippen molar-refractivity contribution in [3.8, 4) is 0 Å². The van der Waals surface area contributed by atoms with E-state index in [0.717, 1.165) is 0 Å². The summed E-state index contributed by atoms with van der Waals surface area (Å²) in [5.41, 5.74) is 0.793. The van der Waals surface area contributed by atoms with Gasteiger partial charge in [-0.15, -0.1) is 0 Å². The summed E-state index contributed by atoms with van der Waals surface area (Å²) < 4.78 is 22.0. The third kappa shape index (κ3) is 1.41. The lowest BCUT2D eigenvalue weighted by Crippen LogP contribution is -2.16. The van der Waals surface area contributed by atoms with Crippen LogP contribution in [0.2, 0.25) is 0 Å². The Morgan fingerprint density at radius 2 is 2.21 bits per heavy atom. The number of hydrogen-bond acceptors (Lipinski definition) is 5. The highest BCUT2D eigenvalue weighted by atomic mass is 32.2. The third-order valence-electron chi connectivity index (χ3n) is 1.55. The Balaban J connectivity index is 2.91. The summed E-state index contributed by atoms with van der Waals surface area (Å²) in [6.45, 7) is 0. The number of aromatic amines is 2. The maximum Gasteiger partial charge on any atom is 0.271 e. The molecule has 0 saturated heterocycles. The molecule has 7 nitrogen and oxygen atoms in total. The van der Waals surface area contributed by atoms with Crippen LogP contribution in [0, 0.1) is 4.64 Å². The zero-order chi connectivity index (χ0) is 10.3. The lowest BCUT2D eigenvalue weighted by molar-refractivity contribution is 0.589. The van der Waals surface area contributed by atoms with Gasteiger partial charge < -0.3 is 9.97 Å². The third-order valence-corrected chi connectivity index (χ3v) is 2.58. The van der Waals surface area contributed by atoms with Crippen molar-refractivity contribution in [2.75, 3.05) is 0 Å². The summed E-state index contributed by atoms with van der Waals surface area (Å²) in [6.07, 6.45) is 1.38. The molecule has 0 aliphatic carbocycles. The van der Waals surface area contributed by atoms with Crippen LogP contribution in [0.15, 0.2) is 11.5 Å². The van der Waals surface area contributed by atoms with Crippen molar-refractivity contribution in [2.24, 2.45) is 5.14 Å². The average molecular weight is 231 g/mol. The van der Waals surface area contributed by atoms with Gasteiger partial charge in [-0.3, -0.25) is 0 Å². The maximum absolute atomic E-state index is 11.0. The Morgan fingerprint density at radius 1 is 1.50 bits per heavy atom. The quantitative estimate of drug-likeness (QED) is 0.458. The minimum absolute atomic E-state index is 0.111. The Kier molecular flexibility index (Phi) is 1.87. The van der Waals surface area contributed by atoms with Gasteiger partial charge in [0.2, 0.25) is 5.16 Å². The number of sulfonamides is 1. The molecule has 2 aromatic rings. The molecule has 2 aromatic heterocycles. The predicted molar refractivity (Wildman–Crippen MR) is 50.4 cm³/mol. The predicted octanol–water partition coefficient (Wildman–Crippen LogP) is -0.337. The topological polar surface area (TPSA) is 118 Å². The molecule has 14 heavy (non-hydrogen) atoms. The molecule has 0 fully saturated rings. The van der Waals surface area contributed by atoms with Crippen molar-refractivity contribution < 1.29 is 8.42 Å². The fraction of sp³-hybridized carbons (Fsp3) is 0. The highest BCUT2D eigenvalue weighted by molar-refractivity contribution is 7.89. The van der Waals surface area contributed by atoms with Gasteiger partial charge in [0.05, 0.1) is 6.33 Å². The Labute approximate surface area is 83.4 Å². The van der Waals surface area contributed by atoms with E-state index in [-0.39, 0.29) is 9.80 Å².